The van der Waals surface area contributed by atoms with E-state index in [2.05, 4.69) is 5.32 Å². The van der Waals surface area contributed by atoms with Gasteiger partial charge in [-0.2, -0.15) is 4.90 Å². The van der Waals surface area contributed by atoms with Gasteiger partial charge in [0, 0.05) is 30.0 Å². The molecule has 186 valence electrons. The van der Waals surface area contributed by atoms with E-state index < -0.39 is 66.3 Å². The highest BCUT2D eigenvalue weighted by Gasteiger charge is 2.53. The summed E-state index contributed by atoms with van der Waals surface area (Å²) in [5.74, 6) is -12.6. The molecule has 1 aliphatic heterocycles. The van der Waals surface area contributed by atoms with E-state index in [-0.39, 0.29) is 22.0 Å². The molecule has 1 saturated heterocycles. The van der Waals surface area contributed by atoms with Gasteiger partial charge in [0.2, 0.25) is 17.7 Å². The Bertz CT molecular complexity index is 867. The Balaban J connectivity index is 2.05. The molecule has 2 rings (SSSR count). The second-order valence-electron chi connectivity index (χ2n) is 8.59. The van der Waals surface area contributed by atoms with Crippen LogP contribution >= 0.6 is 11.6 Å². The second-order valence-corrected chi connectivity index (χ2v) is 9.02. The van der Waals surface area contributed by atoms with E-state index in [0.29, 0.717) is 0 Å². The molecule has 0 aliphatic carbocycles. The van der Waals surface area contributed by atoms with E-state index in [0.717, 1.165) is 26.0 Å². The summed E-state index contributed by atoms with van der Waals surface area (Å²) in [6.07, 6.45) is -1.05. The Kier molecular flexibility index (Phi) is 7.75. The number of nitrogens with zero attached hydrogens (tertiary/aromatic N) is 1. The van der Waals surface area contributed by atoms with Gasteiger partial charge >= 0.3 is 0 Å². The zero-order valence-corrected chi connectivity index (χ0v) is 18.5. The number of hydrogen-bond donors (Lipinski definition) is 9. The molecule has 1 heterocycles. The van der Waals surface area contributed by atoms with Crippen molar-refractivity contribution in [3.8, 4) is 0 Å². The number of carbonyl (C=O) groups is 2. The molecule has 9 N–H and O–H groups in total. The summed E-state index contributed by atoms with van der Waals surface area (Å²) in [6.45, 7) is 0.845. The Labute approximate surface area is 192 Å². The second kappa shape index (κ2) is 9.37. The van der Waals surface area contributed by atoms with Crippen LogP contribution in [0.1, 0.15) is 37.0 Å². The van der Waals surface area contributed by atoms with E-state index in [1.54, 1.807) is 0 Å². The molecule has 0 saturated carbocycles. The predicted octanol–water partition coefficient (Wildman–Crippen LogP) is -2.28. The number of halogens is 2. The van der Waals surface area contributed by atoms with Crippen LogP contribution < -0.4 is 10.6 Å². The molecular weight excluding hydrogens is 469 g/mol. The van der Waals surface area contributed by atoms with Crippen molar-refractivity contribution in [3.05, 3.63) is 34.6 Å². The van der Waals surface area contributed by atoms with Crippen LogP contribution in [0.5, 0.6) is 0 Å². The molecule has 0 unspecified atom stereocenters. The van der Waals surface area contributed by atoms with Crippen molar-refractivity contribution in [3.63, 3.8) is 0 Å². The first-order valence-electron chi connectivity index (χ1n) is 9.74. The van der Waals surface area contributed by atoms with Crippen molar-refractivity contribution >= 4 is 23.4 Å². The summed E-state index contributed by atoms with van der Waals surface area (Å²) in [7, 11) is 0. The van der Waals surface area contributed by atoms with Gasteiger partial charge in [-0.3, -0.25) is 9.59 Å². The van der Waals surface area contributed by atoms with Crippen LogP contribution in [-0.2, 0) is 4.79 Å². The fourth-order valence-corrected chi connectivity index (χ4v) is 3.61. The Morgan fingerprint density at radius 1 is 1.12 bits per heavy atom. The first kappa shape index (κ1) is 27.3. The fraction of sp³-hybridized carbons (Fsp3) is 0.579. The average molecular weight is 496 g/mol. The van der Waals surface area contributed by atoms with Crippen molar-refractivity contribution in [2.75, 3.05) is 13.1 Å². The molecule has 14 heteroatoms. The van der Waals surface area contributed by atoms with Gasteiger partial charge < -0.3 is 46.4 Å². The first-order chi connectivity index (χ1) is 14.8. The molecule has 33 heavy (non-hydrogen) atoms. The van der Waals surface area contributed by atoms with Crippen molar-refractivity contribution in [2.24, 2.45) is 5.92 Å². The SMILES string of the molecule is CC(C)(NC(=O)CN1C(O)(O)CC(CNC(=O)c2cc(F)cc(Cl)c2)CC1(O)O)C(O)(O)O. The van der Waals surface area contributed by atoms with E-state index in [1.165, 1.54) is 6.07 Å². The minimum Gasteiger partial charge on any atom is -0.353 e. The fourth-order valence-electron chi connectivity index (χ4n) is 3.39. The largest absolute Gasteiger partial charge is 0.353 e. The quantitative estimate of drug-likeness (QED) is 0.185. The Morgan fingerprint density at radius 3 is 2.15 bits per heavy atom. The molecule has 12 nitrogen and oxygen atoms in total. The standard InChI is InChI=1S/C19H27ClFN3O9/c1-16(2,19(31,32)33)23-14(25)9-24-17(27,28)6-10(7-18(24,29)30)8-22-15(26)11-3-12(20)5-13(21)4-11/h3-5,10,27-33H,6-9H2,1-2H3,(H,22,26)(H,23,25). The smallest absolute Gasteiger partial charge is 0.299 e. The van der Waals surface area contributed by atoms with Gasteiger partial charge in [0.25, 0.3) is 11.9 Å². The number of likely N-dealkylation sites (tertiary alicyclic amines) is 1. The lowest BCUT2D eigenvalue weighted by Gasteiger charge is -2.49. The molecule has 0 radical (unpaired) electrons. The molecule has 0 atom stereocenters. The monoisotopic (exact) mass is 495 g/mol. The number of piperidine rings is 1. The molecule has 2 amide bonds. The molecular formula is C19H27ClFN3O9. The number of amides is 2. The summed E-state index contributed by atoms with van der Waals surface area (Å²) in [4.78, 5) is 24.7. The highest BCUT2D eigenvalue weighted by atomic mass is 35.5. The van der Waals surface area contributed by atoms with Crippen molar-refractivity contribution < 1.29 is 49.7 Å². The van der Waals surface area contributed by atoms with Crippen molar-refractivity contribution in [2.45, 2.75) is 50.0 Å². The summed E-state index contributed by atoms with van der Waals surface area (Å²) in [5, 5.41) is 73.7. The molecule has 1 aromatic rings. The van der Waals surface area contributed by atoms with E-state index in [4.69, 9.17) is 11.6 Å². The molecule has 0 aromatic heterocycles. The van der Waals surface area contributed by atoms with Gasteiger partial charge in [-0.25, -0.2) is 4.39 Å². The van der Waals surface area contributed by atoms with Gasteiger partial charge in [0.1, 0.15) is 11.4 Å². The number of benzene rings is 1. The van der Waals surface area contributed by atoms with Crippen molar-refractivity contribution in [1.29, 1.82) is 0 Å². The van der Waals surface area contributed by atoms with Gasteiger partial charge in [-0.05, 0) is 38.0 Å². The summed E-state index contributed by atoms with van der Waals surface area (Å²) >= 11 is 5.71. The minimum atomic E-state index is -3.31. The number of carbonyl (C=O) groups excluding carboxylic acids is 2. The maximum absolute atomic E-state index is 13.4. The van der Waals surface area contributed by atoms with E-state index in [9.17, 15) is 49.7 Å². The van der Waals surface area contributed by atoms with Crippen LogP contribution in [-0.4, -0.2) is 88.9 Å². The number of hydrogen-bond acceptors (Lipinski definition) is 10. The molecule has 0 spiro atoms. The van der Waals surface area contributed by atoms with Gasteiger partial charge in [-0.15, -0.1) is 0 Å². The van der Waals surface area contributed by atoms with Crippen LogP contribution in [0.25, 0.3) is 0 Å². The summed E-state index contributed by atoms with van der Waals surface area (Å²) in [6, 6.07) is 3.16. The zero-order chi connectivity index (χ0) is 25.4. The summed E-state index contributed by atoms with van der Waals surface area (Å²) in [5.41, 5.74) is -2.09. The maximum atomic E-state index is 13.4. The van der Waals surface area contributed by atoms with Crippen LogP contribution in [0.3, 0.4) is 0 Å². The van der Waals surface area contributed by atoms with Crippen molar-refractivity contribution in [1.82, 2.24) is 15.5 Å². The number of rotatable bonds is 7. The lowest BCUT2D eigenvalue weighted by atomic mass is 9.90. The Morgan fingerprint density at radius 2 is 1.67 bits per heavy atom. The first-order valence-corrected chi connectivity index (χ1v) is 10.1. The maximum Gasteiger partial charge on any atom is 0.299 e. The highest BCUT2D eigenvalue weighted by Crippen LogP contribution is 2.36. The third-order valence-electron chi connectivity index (χ3n) is 5.26. The van der Waals surface area contributed by atoms with Crippen LogP contribution in [0.15, 0.2) is 18.2 Å². The van der Waals surface area contributed by atoms with Gasteiger partial charge in [0.15, 0.2) is 0 Å². The average Bonchev–Trinajstić information content (AvgIpc) is 2.60. The Hall–Kier alpha value is -1.94. The third-order valence-corrected chi connectivity index (χ3v) is 5.48. The van der Waals surface area contributed by atoms with E-state index >= 15 is 0 Å². The molecule has 1 fully saturated rings. The van der Waals surface area contributed by atoms with Crippen LogP contribution in [0, 0.1) is 11.7 Å². The molecule has 1 aromatic carbocycles. The van der Waals surface area contributed by atoms with E-state index in [1.807, 2.05) is 5.32 Å². The predicted molar refractivity (Wildman–Crippen MR) is 109 cm³/mol. The lowest BCUT2D eigenvalue weighted by Crippen LogP contribution is -2.69. The molecule has 0 bridgehead atoms. The topological polar surface area (TPSA) is 203 Å². The molecule has 1 aliphatic rings. The number of nitrogens with one attached hydrogen (secondary N) is 2. The highest BCUT2D eigenvalue weighted by molar-refractivity contribution is 6.31. The van der Waals surface area contributed by atoms with Gasteiger partial charge in [-0.1, -0.05) is 11.6 Å². The normalized spacial score (nSPS) is 19.2. The number of aliphatic hydroxyl groups is 7. The van der Waals surface area contributed by atoms with Crippen LogP contribution in [0.2, 0.25) is 5.02 Å². The minimum absolute atomic E-state index is 0.00906. The van der Waals surface area contributed by atoms with Crippen LogP contribution in [0.4, 0.5) is 4.39 Å². The third kappa shape index (κ3) is 6.79. The lowest BCUT2D eigenvalue weighted by molar-refractivity contribution is -0.410. The zero-order valence-electron chi connectivity index (χ0n) is 17.8. The van der Waals surface area contributed by atoms with Gasteiger partial charge in [0.05, 0.1) is 6.54 Å². The summed E-state index contributed by atoms with van der Waals surface area (Å²) < 4.78 is 13.4.